The van der Waals surface area contributed by atoms with Gasteiger partial charge in [0.25, 0.3) is 0 Å². The molecule has 0 aliphatic heterocycles. The fourth-order valence-corrected chi connectivity index (χ4v) is 3.26. The molecule has 0 saturated carbocycles. The van der Waals surface area contributed by atoms with E-state index in [1.54, 1.807) is 0 Å². The van der Waals surface area contributed by atoms with Gasteiger partial charge in [0.05, 0.1) is 0 Å². The number of aromatic nitrogens is 3. The van der Waals surface area contributed by atoms with E-state index in [1.807, 2.05) is 24.3 Å². The Kier molecular flexibility index (Phi) is 1.81. The molecular formula is C17H9N3O. The molecule has 0 amide bonds. The molecule has 98 valence electrons. The van der Waals surface area contributed by atoms with Gasteiger partial charge < -0.3 is 0 Å². The van der Waals surface area contributed by atoms with Crippen LogP contribution >= 0.6 is 0 Å². The molecule has 1 aromatic heterocycles. The van der Waals surface area contributed by atoms with Crippen LogP contribution in [0.2, 0.25) is 0 Å². The van der Waals surface area contributed by atoms with Crippen molar-refractivity contribution in [2.45, 2.75) is 0 Å². The maximum atomic E-state index is 11.6. The lowest BCUT2D eigenvalue weighted by Crippen LogP contribution is -2.13. The minimum atomic E-state index is -0.414. The van der Waals surface area contributed by atoms with Crippen molar-refractivity contribution in [3.8, 4) is 22.5 Å². The van der Waals surface area contributed by atoms with Crippen molar-refractivity contribution in [3.63, 3.8) is 0 Å². The number of fused-ring (bicyclic) bond motifs is 5. The standard InChI is InChI=1S/C17H9N3O/c21-17-18-16-14-11-6-2-1-4-9(11)8-10-5-3-7-12(13(10)14)15(16)19-20-17/h1-8H,(H,18,20,21). The topological polar surface area (TPSA) is 58.6 Å². The van der Waals surface area contributed by atoms with Crippen LogP contribution in [0.25, 0.3) is 44.1 Å². The van der Waals surface area contributed by atoms with E-state index in [2.05, 4.69) is 39.4 Å². The van der Waals surface area contributed by atoms with E-state index in [0.717, 1.165) is 38.4 Å². The van der Waals surface area contributed by atoms with E-state index in [-0.39, 0.29) is 0 Å². The zero-order chi connectivity index (χ0) is 14.0. The van der Waals surface area contributed by atoms with Gasteiger partial charge in [-0.15, -0.1) is 0 Å². The van der Waals surface area contributed by atoms with E-state index in [0.29, 0.717) is 5.69 Å². The fraction of sp³-hybridized carbons (Fsp3) is 0. The van der Waals surface area contributed by atoms with Crippen LogP contribution in [0.4, 0.5) is 0 Å². The van der Waals surface area contributed by atoms with E-state index in [1.165, 1.54) is 0 Å². The Bertz CT molecular complexity index is 1110. The Morgan fingerprint density at radius 3 is 2.71 bits per heavy atom. The Morgan fingerprint density at radius 2 is 1.76 bits per heavy atom. The zero-order valence-electron chi connectivity index (χ0n) is 10.9. The largest absolute Gasteiger partial charge is 0.361 e. The lowest BCUT2D eigenvalue weighted by atomic mass is 9.97. The molecule has 0 spiro atoms. The van der Waals surface area contributed by atoms with Gasteiger partial charge in [-0.2, -0.15) is 10.1 Å². The molecule has 3 aromatic carbocycles. The Hall–Kier alpha value is -3.01. The number of H-pyrrole nitrogens is 1. The van der Waals surface area contributed by atoms with Crippen LogP contribution in [0.15, 0.2) is 53.3 Å². The molecule has 1 heterocycles. The van der Waals surface area contributed by atoms with Crippen LogP contribution in [0.1, 0.15) is 0 Å². The molecule has 4 aromatic rings. The number of nitrogens with zero attached hydrogens (tertiary/aromatic N) is 2. The molecule has 0 bridgehead atoms. The van der Waals surface area contributed by atoms with E-state index >= 15 is 0 Å². The molecule has 0 saturated heterocycles. The molecule has 0 fully saturated rings. The maximum absolute atomic E-state index is 11.6. The molecule has 1 aliphatic rings. The highest BCUT2D eigenvalue weighted by atomic mass is 16.1. The zero-order valence-corrected chi connectivity index (χ0v) is 10.9. The van der Waals surface area contributed by atoms with Crippen LogP contribution < -0.4 is 5.69 Å². The summed E-state index contributed by atoms with van der Waals surface area (Å²) in [6.07, 6.45) is 0. The summed E-state index contributed by atoms with van der Waals surface area (Å²) in [6, 6.07) is 16.5. The second-order valence-electron chi connectivity index (χ2n) is 5.21. The number of nitrogens with one attached hydrogen (secondary N) is 1. The van der Waals surface area contributed by atoms with Crippen LogP contribution in [-0.4, -0.2) is 15.2 Å². The first kappa shape index (κ1) is 10.7. The summed E-state index contributed by atoms with van der Waals surface area (Å²) in [5.74, 6) is 0. The van der Waals surface area contributed by atoms with E-state index < -0.39 is 5.69 Å². The van der Waals surface area contributed by atoms with Crippen molar-refractivity contribution in [1.29, 1.82) is 0 Å². The minimum Gasteiger partial charge on any atom is -0.244 e. The van der Waals surface area contributed by atoms with Gasteiger partial charge in [0.2, 0.25) is 0 Å². The molecule has 0 radical (unpaired) electrons. The predicted octanol–water partition coefficient (Wildman–Crippen LogP) is 3.12. The third-order valence-electron chi connectivity index (χ3n) is 4.08. The molecule has 1 aliphatic carbocycles. The first-order valence-electron chi connectivity index (χ1n) is 6.75. The molecule has 4 nitrogen and oxygen atoms in total. The average Bonchev–Trinajstić information content (AvgIpc) is 2.84. The highest BCUT2D eigenvalue weighted by Crippen LogP contribution is 2.47. The minimum absolute atomic E-state index is 0.414. The quantitative estimate of drug-likeness (QED) is 0.440. The number of hydrogen-bond acceptors (Lipinski definition) is 3. The van der Waals surface area contributed by atoms with Crippen molar-refractivity contribution >= 4 is 21.5 Å². The predicted molar refractivity (Wildman–Crippen MR) is 82.1 cm³/mol. The summed E-state index contributed by atoms with van der Waals surface area (Å²) >= 11 is 0. The van der Waals surface area contributed by atoms with Gasteiger partial charge in [-0.1, -0.05) is 42.5 Å². The lowest BCUT2D eigenvalue weighted by molar-refractivity contribution is 0.930. The second kappa shape index (κ2) is 3.55. The summed E-state index contributed by atoms with van der Waals surface area (Å²) < 4.78 is 0. The van der Waals surface area contributed by atoms with Gasteiger partial charge in [0.15, 0.2) is 0 Å². The maximum Gasteiger partial charge on any atom is 0.361 e. The van der Waals surface area contributed by atoms with E-state index in [9.17, 15) is 4.79 Å². The van der Waals surface area contributed by atoms with Crippen molar-refractivity contribution in [2.24, 2.45) is 0 Å². The van der Waals surface area contributed by atoms with Gasteiger partial charge in [0, 0.05) is 16.5 Å². The molecule has 4 heteroatoms. The van der Waals surface area contributed by atoms with Crippen LogP contribution in [0, 0.1) is 0 Å². The highest BCUT2D eigenvalue weighted by molar-refractivity contribution is 6.22. The summed E-state index contributed by atoms with van der Waals surface area (Å²) in [7, 11) is 0. The van der Waals surface area contributed by atoms with Gasteiger partial charge in [-0.25, -0.2) is 9.89 Å². The second-order valence-corrected chi connectivity index (χ2v) is 5.21. The Morgan fingerprint density at radius 1 is 0.905 bits per heavy atom. The van der Waals surface area contributed by atoms with Gasteiger partial charge in [0.1, 0.15) is 11.4 Å². The monoisotopic (exact) mass is 271 g/mol. The van der Waals surface area contributed by atoms with Crippen molar-refractivity contribution in [3.05, 3.63) is 59.0 Å². The Balaban J connectivity index is 2.15. The first-order chi connectivity index (χ1) is 10.3. The SMILES string of the molecule is O=c1nc2c(n[nH]1)-c1cccc3cc4ccccc4c-2c13. The van der Waals surface area contributed by atoms with Gasteiger partial charge in [-0.05, 0) is 22.2 Å². The smallest absolute Gasteiger partial charge is 0.244 e. The summed E-state index contributed by atoms with van der Waals surface area (Å²) in [4.78, 5) is 15.8. The molecule has 1 N–H and O–H groups in total. The van der Waals surface area contributed by atoms with Gasteiger partial charge >= 0.3 is 5.69 Å². The summed E-state index contributed by atoms with van der Waals surface area (Å²) in [5, 5.41) is 11.2. The molecular weight excluding hydrogens is 262 g/mol. The van der Waals surface area contributed by atoms with E-state index in [4.69, 9.17) is 0 Å². The van der Waals surface area contributed by atoms with Crippen molar-refractivity contribution < 1.29 is 0 Å². The van der Waals surface area contributed by atoms with Crippen molar-refractivity contribution in [1.82, 2.24) is 15.2 Å². The van der Waals surface area contributed by atoms with Crippen LogP contribution in [-0.2, 0) is 0 Å². The molecule has 0 unspecified atom stereocenters. The van der Waals surface area contributed by atoms with Crippen LogP contribution in [0.3, 0.4) is 0 Å². The van der Waals surface area contributed by atoms with Crippen molar-refractivity contribution in [2.75, 3.05) is 0 Å². The first-order valence-corrected chi connectivity index (χ1v) is 6.75. The summed E-state index contributed by atoms with van der Waals surface area (Å²) in [6.45, 7) is 0. The van der Waals surface area contributed by atoms with Crippen LogP contribution in [0.5, 0.6) is 0 Å². The van der Waals surface area contributed by atoms with Gasteiger partial charge in [-0.3, -0.25) is 0 Å². The fourth-order valence-electron chi connectivity index (χ4n) is 3.26. The third kappa shape index (κ3) is 1.26. The normalized spacial score (nSPS) is 12.0. The molecule has 0 atom stereocenters. The number of benzene rings is 3. The molecule has 21 heavy (non-hydrogen) atoms. The highest BCUT2D eigenvalue weighted by Gasteiger charge is 2.26. The number of aromatic amines is 1. The third-order valence-corrected chi connectivity index (χ3v) is 4.08. The number of hydrogen-bond donors (Lipinski definition) is 1. The summed E-state index contributed by atoms with van der Waals surface area (Å²) in [5.41, 5.74) is 3.08. The average molecular weight is 271 g/mol. The Labute approximate surface area is 119 Å². The molecule has 5 rings (SSSR count). The number of rotatable bonds is 0. The lowest BCUT2D eigenvalue weighted by Gasteiger charge is -2.06.